The van der Waals surface area contributed by atoms with Crippen molar-refractivity contribution < 1.29 is 8.94 Å². The van der Waals surface area contributed by atoms with Crippen LogP contribution < -0.4 is 9.60 Å². The van der Waals surface area contributed by atoms with Crippen molar-refractivity contribution in [1.29, 1.82) is 0 Å². The molecule has 0 bridgehead atoms. The number of H-pyrrole nitrogens is 1. The topological polar surface area (TPSA) is 123 Å². The molecule has 0 radical (unpaired) electrons. The smallest absolute Gasteiger partial charge is 0.402 e. The van der Waals surface area contributed by atoms with Gasteiger partial charge in [0.1, 0.15) is 23.9 Å². The number of nitrogens with zero attached hydrogens (tertiary/aromatic N) is 8. The number of imidazole rings is 1. The van der Waals surface area contributed by atoms with Crippen molar-refractivity contribution in [3.63, 3.8) is 0 Å². The number of aromatic nitrogens is 7. The summed E-state index contributed by atoms with van der Waals surface area (Å²) in [4.78, 5) is 16.8. The fourth-order valence-corrected chi connectivity index (χ4v) is 4.95. The number of oxazole rings is 1. The van der Waals surface area contributed by atoms with Gasteiger partial charge in [-0.2, -0.15) is 9.97 Å². The molecule has 1 N–H and O–H groups in total. The van der Waals surface area contributed by atoms with Crippen molar-refractivity contribution in [3.05, 3.63) is 71.7 Å². The van der Waals surface area contributed by atoms with Gasteiger partial charge in [-0.15, -0.1) is 10.1 Å². The molecule has 6 heterocycles. The minimum atomic E-state index is -0.441. The number of quaternary nitrogens is 1. The second-order valence-electron chi connectivity index (χ2n) is 6.27. The van der Waals surface area contributed by atoms with Crippen molar-refractivity contribution in [1.82, 2.24) is 39.3 Å². The molecule has 0 saturated heterocycles. The van der Waals surface area contributed by atoms with Gasteiger partial charge in [0, 0.05) is 35.4 Å². The zero-order chi connectivity index (χ0) is 20.0. The van der Waals surface area contributed by atoms with Gasteiger partial charge in [-0.25, -0.2) is 4.98 Å². The Morgan fingerprint density at radius 2 is 2.13 bits per heavy atom. The molecule has 5 aromatic heterocycles. The van der Waals surface area contributed by atoms with Crippen LogP contribution in [0.3, 0.4) is 0 Å². The van der Waals surface area contributed by atoms with Gasteiger partial charge < -0.3 is 13.9 Å². The summed E-state index contributed by atoms with van der Waals surface area (Å²) >= 11 is 2.74. The Hall–Kier alpha value is -3.68. The number of hydrogen-bond donors (Lipinski definition) is 1. The van der Waals surface area contributed by atoms with E-state index in [-0.39, 0.29) is 4.59 Å². The lowest BCUT2D eigenvalue weighted by molar-refractivity contribution is 0.285. The van der Waals surface area contributed by atoms with E-state index in [1.54, 1.807) is 30.9 Å². The number of hydrogen-bond acceptors (Lipinski definition) is 11. The summed E-state index contributed by atoms with van der Waals surface area (Å²) in [6, 6.07) is 1.76. The number of aromatic amines is 1. The molecule has 6 rings (SSSR count). The van der Waals surface area contributed by atoms with Crippen LogP contribution in [0, 0.1) is 0 Å². The first-order valence-electron chi connectivity index (χ1n) is 8.76. The molecule has 5 aromatic rings. The number of rotatable bonds is 5. The summed E-state index contributed by atoms with van der Waals surface area (Å²) in [5.74, 6) is 0.579. The van der Waals surface area contributed by atoms with Crippen LogP contribution in [0.5, 0.6) is 0 Å². The lowest BCUT2D eigenvalue weighted by Crippen LogP contribution is -2.55. The zero-order valence-electron chi connectivity index (χ0n) is 15.1. The van der Waals surface area contributed by atoms with E-state index >= 15 is 0 Å². The van der Waals surface area contributed by atoms with E-state index in [4.69, 9.17) is 8.94 Å². The highest BCUT2D eigenvalue weighted by atomic mass is 32.1. The molecule has 0 fully saturated rings. The molecule has 1 aliphatic rings. The third-order valence-electron chi connectivity index (χ3n) is 4.78. The molecule has 0 spiro atoms. The lowest BCUT2D eigenvalue weighted by Gasteiger charge is -2.36. The Morgan fingerprint density at radius 1 is 1.13 bits per heavy atom. The second-order valence-corrected chi connectivity index (χ2v) is 7.76. The van der Waals surface area contributed by atoms with E-state index in [0.717, 1.165) is 11.3 Å². The molecule has 30 heavy (non-hydrogen) atoms. The highest BCUT2D eigenvalue weighted by Crippen LogP contribution is 2.55. The van der Waals surface area contributed by atoms with Gasteiger partial charge in [-0.1, -0.05) is 25.6 Å². The molecule has 148 valence electrons. The lowest BCUT2D eigenvalue weighted by atomic mass is 10.0. The molecule has 13 heteroatoms. The number of thiazole rings is 1. The van der Waals surface area contributed by atoms with Gasteiger partial charge in [-0.3, -0.25) is 0 Å². The predicted octanol–water partition coefficient (Wildman–Crippen LogP) is 3.55. The van der Waals surface area contributed by atoms with Crippen LogP contribution in [-0.4, -0.2) is 34.7 Å². The third-order valence-corrected chi connectivity index (χ3v) is 6.16. The highest BCUT2D eigenvalue weighted by molar-refractivity contribution is 7.13. The zero-order valence-corrected chi connectivity index (χ0v) is 16.7. The molecule has 11 nitrogen and oxygen atoms in total. The van der Waals surface area contributed by atoms with Gasteiger partial charge in [0.2, 0.25) is 6.04 Å². The molecular formula is C17H12N9O2S2+. The van der Waals surface area contributed by atoms with E-state index in [2.05, 4.69) is 34.7 Å². The quantitative estimate of drug-likeness (QED) is 0.410. The standard InChI is InChI=1S/C17H12N9O2S2/c1-6-28-23-12(1)11-9-25(15-18-2-3-19-15)26(16-20-4-7-27-16,17-21-5-8-29-17)14(11)13-10-30-24-22-13/h1-10,14H,(H,18,19)/q+1. The first-order valence-corrected chi connectivity index (χ1v) is 10.5. The number of anilines is 1. The van der Waals surface area contributed by atoms with E-state index in [1.165, 1.54) is 35.4 Å². The minimum Gasteiger partial charge on any atom is -0.402 e. The van der Waals surface area contributed by atoms with E-state index < -0.39 is 6.04 Å². The molecule has 0 aromatic carbocycles. The second kappa shape index (κ2) is 6.69. The van der Waals surface area contributed by atoms with Gasteiger partial charge in [0.25, 0.3) is 5.95 Å². The van der Waals surface area contributed by atoms with Crippen molar-refractivity contribution >= 4 is 45.5 Å². The SMILES string of the molecule is C1=C(c2ccon2)C(c2csnn2)[N+](c2ncco2)(c2nccs2)N1c1ncc[nH]1. The van der Waals surface area contributed by atoms with Crippen molar-refractivity contribution in [2.45, 2.75) is 6.04 Å². The normalized spacial score (nSPS) is 21.3. The van der Waals surface area contributed by atoms with E-state index in [9.17, 15) is 0 Å². The first-order chi connectivity index (χ1) is 14.9. The average molecular weight is 438 g/mol. The van der Waals surface area contributed by atoms with Crippen LogP contribution in [-0.2, 0) is 0 Å². The van der Waals surface area contributed by atoms with Gasteiger partial charge in [0.15, 0.2) is 0 Å². The van der Waals surface area contributed by atoms with Crippen LogP contribution in [0.2, 0.25) is 0 Å². The Morgan fingerprint density at radius 3 is 2.80 bits per heavy atom. The average Bonchev–Trinajstić information content (AvgIpc) is 3.62. The minimum absolute atomic E-state index is 0.0498. The summed E-state index contributed by atoms with van der Waals surface area (Å²) in [5.41, 5.74) is 2.21. The molecular weight excluding hydrogens is 426 g/mol. The van der Waals surface area contributed by atoms with Crippen LogP contribution in [0.25, 0.3) is 5.57 Å². The van der Waals surface area contributed by atoms with Crippen LogP contribution in [0.15, 0.2) is 69.3 Å². The maximum atomic E-state index is 5.89. The van der Waals surface area contributed by atoms with Crippen LogP contribution >= 0.6 is 22.9 Å². The van der Waals surface area contributed by atoms with Crippen LogP contribution in [0.4, 0.5) is 17.1 Å². The molecule has 0 amide bonds. The monoisotopic (exact) mass is 438 g/mol. The Balaban J connectivity index is 1.71. The molecule has 0 saturated carbocycles. The fraction of sp³-hybridized carbons (Fsp3) is 0.0588. The molecule has 0 aliphatic carbocycles. The van der Waals surface area contributed by atoms with Gasteiger partial charge in [-0.05, 0) is 11.5 Å². The van der Waals surface area contributed by atoms with Crippen molar-refractivity contribution in [2.24, 2.45) is 0 Å². The largest absolute Gasteiger partial charge is 0.438 e. The van der Waals surface area contributed by atoms with Gasteiger partial charge >= 0.3 is 11.1 Å². The Bertz CT molecular complexity index is 1210. The molecule has 1 aliphatic heterocycles. The van der Waals surface area contributed by atoms with Crippen molar-refractivity contribution in [2.75, 3.05) is 5.01 Å². The summed E-state index contributed by atoms with van der Waals surface area (Å²) in [6.07, 6.45) is 11.8. The van der Waals surface area contributed by atoms with Crippen molar-refractivity contribution in [3.8, 4) is 0 Å². The maximum absolute atomic E-state index is 5.89. The summed E-state index contributed by atoms with van der Waals surface area (Å²) < 4.78 is 15.1. The van der Waals surface area contributed by atoms with E-state index in [1.807, 2.05) is 22.0 Å². The summed E-state index contributed by atoms with van der Waals surface area (Å²) in [5, 5.41) is 15.0. The summed E-state index contributed by atoms with van der Waals surface area (Å²) in [7, 11) is 0. The molecule has 2 unspecified atom stereocenters. The first kappa shape index (κ1) is 17.2. The Labute approximate surface area is 176 Å². The maximum Gasteiger partial charge on any atom is 0.438 e. The predicted molar refractivity (Wildman–Crippen MR) is 108 cm³/mol. The van der Waals surface area contributed by atoms with Gasteiger partial charge in [0.05, 0.1) is 18.0 Å². The Kier molecular flexibility index (Phi) is 3.83. The number of nitrogens with one attached hydrogen (secondary N) is 1. The fourth-order valence-electron chi connectivity index (χ4n) is 3.68. The van der Waals surface area contributed by atoms with E-state index in [0.29, 0.717) is 22.8 Å². The third kappa shape index (κ3) is 2.33. The highest BCUT2D eigenvalue weighted by Gasteiger charge is 2.62. The molecule has 2 atom stereocenters. The summed E-state index contributed by atoms with van der Waals surface area (Å²) in [6.45, 7) is 0. The van der Waals surface area contributed by atoms with Crippen LogP contribution in [0.1, 0.15) is 17.4 Å².